The molecular weight excluding hydrogens is 146 g/mol. The van der Waals surface area contributed by atoms with Crippen molar-refractivity contribution in [3.8, 4) is 0 Å². The van der Waals surface area contributed by atoms with Crippen LogP contribution in [0.2, 0.25) is 0 Å². The number of hydrogen-bond donors (Lipinski definition) is 0. The third-order valence-electron chi connectivity index (χ3n) is 2.25. The Morgan fingerprint density at radius 1 is 1.08 bits per heavy atom. The summed E-state index contributed by atoms with van der Waals surface area (Å²) >= 11 is 0. The van der Waals surface area contributed by atoms with Crippen molar-refractivity contribution < 1.29 is 0 Å². The van der Waals surface area contributed by atoms with Crippen LogP contribution in [0.15, 0.2) is 0 Å². The lowest BCUT2D eigenvalue weighted by atomic mass is 10.0. The van der Waals surface area contributed by atoms with Crippen molar-refractivity contribution >= 4 is 0 Å². The normalized spacial score (nSPS) is 12.8. The predicted molar refractivity (Wildman–Crippen MR) is 58.6 cm³/mol. The first-order valence-corrected chi connectivity index (χ1v) is 5.33. The van der Waals surface area contributed by atoms with Crippen molar-refractivity contribution in [2.24, 2.45) is 5.92 Å². The van der Waals surface area contributed by atoms with Crippen molar-refractivity contribution in [2.75, 3.05) is 13.6 Å². The van der Waals surface area contributed by atoms with Gasteiger partial charge in [-0.3, -0.25) is 0 Å². The lowest BCUT2D eigenvalue weighted by Crippen LogP contribution is -2.34. The second-order valence-corrected chi connectivity index (χ2v) is 3.29. The molecule has 0 spiro atoms. The van der Waals surface area contributed by atoms with E-state index in [4.69, 9.17) is 0 Å². The van der Waals surface area contributed by atoms with Gasteiger partial charge < -0.3 is 4.90 Å². The quantitative estimate of drug-likeness (QED) is 0.630. The summed E-state index contributed by atoms with van der Waals surface area (Å²) in [7, 11) is 2.20. The minimum atomic E-state index is 0.769. The average molecular weight is 173 g/mol. The van der Waals surface area contributed by atoms with Gasteiger partial charge in [-0.05, 0) is 25.9 Å². The van der Waals surface area contributed by atoms with Crippen LogP contribution in [0.3, 0.4) is 0 Å². The Bertz CT molecular complexity index is 79.1. The molecule has 1 atom stereocenters. The van der Waals surface area contributed by atoms with Crippen LogP contribution in [0.4, 0.5) is 0 Å². The molecule has 0 saturated heterocycles. The lowest BCUT2D eigenvalue weighted by Gasteiger charge is -2.28. The summed E-state index contributed by atoms with van der Waals surface area (Å²) < 4.78 is 0. The van der Waals surface area contributed by atoms with Crippen LogP contribution in [0.1, 0.15) is 48.0 Å². The number of hydrogen-bond acceptors (Lipinski definition) is 1. The maximum atomic E-state index is 2.42. The zero-order valence-electron chi connectivity index (χ0n) is 10.0. The Hall–Kier alpha value is -0.0400. The molecule has 12 heavy (non-hydrogen) atoms. The molecule has 0 bridgehead atoms. The summed E-state index contributed by atoms with van der Waals surface area (Å²) in [5.41, 5.74) is 0. The number of nitrogens with zero attached hydrogens (tertiary/aromatic N) is 1. The van der Waals surface area contributed by atoms with Gasteiger partial charge in [0.1, 0.15) is 0 Å². The van der Waals surface area contributed by atoms with Gasteiger partial charge >= 0.3 is 0 Å². The molecule has 0 aromatic carbocycles. The average Bonchev–Trinajstić information content (AvgIpc) is 2.08. The molecule has 0 unspecified atom stereocenters. The molecule has 0 heterocycles. The summed E-state index contributed by atoms with van der Waals surface area (Å²) in [6.45, 7) is 14.2. The largest absolute Gasteiger partial charge is 0.303 e. The van der Waals surface area contributed by atoms with Gasteiger partial charge in [0.15, 0.2) is 0 Å². The molecule has 1 heteroatoms. The maximum absolute atomic E-state index is 2.42. The van der Waals surface area contributed by atoms with E-state index in [9.17, 15) is 0 Å². The van der Waals surface area contributed by atoms with E-state index in [0.29, 0.717) is 0 Å². The van der Waals surface area contributed by atoms with Gasteiger partial charge in [0.05, 0.1) is 0 Å². The minimum Gasteiger partial charge on any atom is -0.303 e. The Morgan fingerprint density at radius 3 is 1.58 bits per heavy atom. The van der Waals surface area contributed by atoms with Crippen LogP contribution in [0, 0.1) is 5.92 Å². The SMILES string of the molecule is CC.CC[C@@H](C(C)C)N(C)CC. The molecule has 0 amide bonds. The zero-order valence-corrected chi connectivity index (χ0v) is 10.0. The highest BCUT2D eigenvalue weighted by Gasteiger charge is 2.13. The molecule has 0 saturated carbocycles. The zero-order chi connectivity index (χ0) is 10.1. The molecular formula is C11H27N. The van der Waals surface area contributed by atoms with Gasteiger partial charge in [-0.2, -0.15) is 0 Å². The van der Waals surface area contributed by atoms with Gasteiger partial charge in [0.2, 0.25) is 0 Å². The molecule has 0 aliphatic rings. The third kappa shape index (κ3) is 5.59. The van der Waals surface area contributed by atoms with E-state index in [1.54, 1.807) is 0 Å². The Balaban J connectivity index is 0. The molecule has 1 nitrogen and oxygen atoms in total. The van der Waals surface area contributed by atoms with E-state index in [0.717, 1.165) is 18.5 Å². The van der Waals surface area contributed by atoms with Crippen molar-refractivity contribution in [3.05, 3.63) is 0 Å². The van der Waals surface area contributed by atoms with Gasteiger partial charge in [-0.15, -0.1) is 0 Å². The van der Waals surface area contributed by atoms with Crippen LogP contribution in [0.25, 0.3) is 0 Å². The highest BCUT2D eigenvalue weighted by atomic mass is 15.1. The van der Waals surface area contributed by atoms with E-state index in [2.05, 4.69) is 39.6 Å². The van der Waals surface area contributed by atoms with Crippen LogP contribution in [0.5, 0.6) is 0 Å². The second-order valence-electron chi connectivity index (χ2n) is 3.29. The fraction of sp³-hybridized carbons (Fsp3) is 1.00. The molecule has 0 radical (unpaired) electrons. The molecule has 76 valence electrons. The summed E-state index contributed by atoms with van der Waals surface area (Å²) in [5.74, 6) is 0.787. The van der Waals surface area contributed by atoms with E-state index in [-0.39, 0.29) is 0 Å². The minimum absolute atomic E-state index is 0.769. The summed E-state index contributed by atoms with van der Waals surface area (Å²) in [5, 5.41) is 0. The highest BCUT2D eigenvalue weighted by molar-refractivity contribution is 4.68. The van der Waals surface area contributed by atoms with Crippen LogP contribution in [-0.4, -0.2) is 24.5 Å². The summed E-state index contributed by atoms with van der Waals surface area (Å²) in [4.78, 5) is 2.42. The molecule has 0 aliphatic heterocycles. The van der Waals surface area contributed by atoms with Gasteiger partial charge in [0.25, 0.3) is 0 Å². The first-order chi connectivity index (χ1) is 5.63. The first kappa shape index (κ1) is 14.5. The Labute approximate surface area is 79.2 Å². The van der Waals surface area contributed by atoms with Crippen molar-refractivity contribution in [1.29, 1.82) is 0 Å². The van der Waals surface area contributed by atoms with Crippen molar-refractivity contribution in [2.45, 2.75) is 54.0 Å². The molecule has 0 aromatic rings. The third-order valence-corrected chi connectivity index (χ3v) is 2.25. The van der Waals surface area contributed by atoms with E-state index >= 15 is 0 Å². The Morgan fingerprint density at radius 2 is 1.50 bits per heavy atom. The van der Waals surface area contributed by atoms with Crippen LogP contribution in [-0.2, 0) is 0 Å². The lowest BCUT2D eigenvalue weighted by molar-refractivity contribution is 0.195. The van der Waals surface area contributed by atoms with E-state index < -0.39 is 0 Å². The van der Waals surface area contributed by atoms with Crippen molar-refractivity contribution in [1.82, 2.24) is 4.90 Å². The number of rotatable bonds is 4. The van der Waals surface area contributed by atoms with Crippen molar-refractivity contribution in [3.63, 3.8) is 0 Å². The Kier molecular flexibility index (Phi) is 10.9. The molecule has 0 fully saturated rings. The molecule has 0 N–H and O–H groups in total. The fourth-order valence-electron chi connectivity index (χ4n) is 1.53. The van der Waals surface area contributed by atoms with Gasteiger partial charge in [-0.1, -0.05) is 41.5 Å². The fourth-order valence-corrected chi connectivity index (χ4v) is 1.53. The highest BCUT2D eigenvalue weighted by Crippen LogP contribution is 2.11. The van der Waals surface area contributed by atoms with Crippen LogP contribution >= 0.6 is 0 Å². The van der Waals surface area contributed by atoms with E-state index in [1.165, 1.54) is 6.42 Å². The summed E-state index contributed by atoms with van der Waals surface area (Å²) in [6, 6.07) is 0.769. The summed E-state index contributed by atoms with van der Waals surface area (Å²) in [6.07, 6.45) is 1.27. The maximum Gasteiger partial charge on any atom is 0.0112 e. The van der Waals surface area contributed by atoms with Gasteiger partial charge in [-0.25, -0.2) is 0 Å². The predicted octanol–water partition coefficient (Wildman–Crippen LogP) is 3.40. The second kappa shape index (κ2) is 9.05. The van der Waals surface area contributed by atoms with E-state index in [1.807, 2.05) is 13.8 Å². The standard InChI is InChI=1S/C9H21N.C2H6/c1-6-9(8(3)4)10(5)7-2;1-2/h8-9H,6-7H2,1-5H3;1-2H3/t9-;/m0./s1. The first-order valence-electron chi connectivity index (χ1n) is 5.33. The van der Waals surface area contributed by atoms with Gasteiger partial charge in [0, 0.05) is 6.04 Å². The monoisotopic (exact) mass is 173 g/mol. The van der Waals surface area contributed by atoms with Crippen LogP contribution < -0.4 is 0 Å². The molecule has 0 aliphatic carbocycles. The molecule has 0 aromatic heterocycles. The molecule has 0 rings (SSSR count). The topological polar surface area (TPSA) is 3.24 Å². The smallest absolute Gasteiger partial charge is 0.0112 e.